The number of hydrogen-bond acceptors (Lipinski definition) is 3. The number of nitrogens with zero attached hydrogens (tertiary/aromatic N) is 2. The lowest BCUT2D eigenvalue weighted by molar-refractivity contribution is -0.114. The zero-order valence-electron chi connectivity index (χ0n) is 11.5. The second kappa shape index (κ2) is 4.45. The van der Waals surface area contributed by atoms with Crippen molar-refractivity contribution in [3.8, 4) is 6.07 Å². The molecule has 1 heterocycles. The van der Waals surface area contributed by atoms with Gasteiger partial charge in [0.2, 0.25) is 0 Å². The average Bonchev–Trinajstić information content (AvgIpc) is 3.18. The van der Waals surface area contributed by atoms with Crippen LogP contribution in [-0.4, -0.2) is 18.2 Å². The lowest BCUT2D eigenvalue weighted by Gasteiger charge is -2.21. The highest BCUT2D eigenvalue weighted by Gasteiger charge is 2.48. The lowest BCUT2D eigenvalue weighted by Crippen LogP contribution is -2.35. The van der Waals surface area contributed by atoms with Crippen LogP contribution in [0.3, 0.4) is 0 Å². The van der Waals surface area contributed by atoms with Crippen molar-refractivity contribution in [1.82, 2.24) is 0 Å². The van der Waals surface area contributed by atoms with Gasteiger partial charge < -0.3 is 4.90 Å². The number of hydrogen-bond donors (Lipinski definition) is 0. The number of Topliss-reactive ketones (excluding diaryl/α,β-unsaturated/α-hetero) is 1. The first-order chi connectivity index (χ1) is 9.60. The topological polar surface area (TPSA) is 61.2 Å². The van der Waals surface area contributed by atoms with Crippen LogP contribution in [-0.2, 0) is 11.2 Å². The minimum absolute atomic E-state index is 0.0876. The average molecular weight is 268 g/mol. The SMILES string of the molecule is CCc1ccc2c(c1)C(=O)C(=O)N2CC1(CC#N)CC1. The van der Waals surface area contributed by atoms with Crippen molar-refractivity contribution in [1.29, 1.82) is 5.26 Å². The largest absolute Gasteiger partial charge is 0.304 e. The highest BCUT2D eigenvalue weighted by molar-refractivity contribution is 6.52. The van der Waals surface area contributed by atoms with Crippen molar-refractivity contribution < 1.29 is 9.59 Å². The zero-order valence-corrected chi connectivity index (χ0v) is 11.5. The maximum Gasteiger partial charge on any atom is 0.299 e. The van der Waals surface area contributed by atoms with Crippen molar-refractivity contribution >= 4 is 17.4 Å². The van der Waals surface area contributed by atoms with Crippen molar-refractivity contribution in [2.75, 3.05) is 11.4 Å². The maximum atomic E-state index is 12.2. The number of benzene rings is 1. The number of ketones is 1. The molecule has 0 bridgehead atoms. The third-order valence-electron chi connectivity index (χ3n) is 4.35. The van der Waals surface area contributed by atoms with Gasteiger partial charge in [0, 0.05) is 18.4 Å². The van der Waals surface area contributed by atoms with Gasteiger partial charge in [-0.25, -0.2) is 0 Å². The van der Waals surface area contributed by atoms with E-state index in [-0.39, 0.29) is 5.41 Å². The summed E-state index contributed by atoms with van der Waals surface area (Å²) in [6.45, 7) is 2.51. The first-order valence-electron chi connectivity index (χ1n) is 6.96. The molecule has 0 atom stereocenters. The van der Waals surface area contributed by atoms with E-state index in [0.29, 0.717) is 24.2 Å². The maximum absolute atomic E-state index is 12.2. The van der Waals surface area contributed by atoms with Crippen LogP contribution in [0.1, 0.15) is 42.1 Å². The molecule has 0 aromatic heterocycles. The second-order valence-electron chi connectivity index (χ2n) is 5.76. The van der Waals surface area contributed by atoms with E-state index in [9.17, 15) is 9.59 Å². The van der Waals surface area contributed by atoms with Gasteiger partial charge in [-0.1, -0.05) is 13.0 Å². The van der Waals surface area contributed by atoms with E-state index >= 15 is 0 Å². The van der Waals surface area contributed by atoms with Gasteiger partial charge in [-0.05, 0) is 37.0 Å². The smallest absolute Gasteiger partial charge is 0.299 e. The van der Waals surface area contributed by atoms with Crippen LogP contribution in [0.5, 0.6) is 0 Å². The molecule has 3 rings (SSSR count). The van der Waals surface area contributed by atoms with Gasteiger partial charge >= 0.3 is 0 Å². The summed E-state index contributed by atoms with van der Waals surface area (Å²) in [7, 11) is 0. The van der Waals surface area contributed by atoms with E-state index in [1.54, 1.807) is 4.90 Å². The number of carbonyl (C=O) groups excluding carboxylic acids is 2. The monoisotopic (exact) mass is 268 g/mol. The molecule has 0 unspecified atom stereocenters. The third kappa shape index (κ3) is 1.90. The summed E-state index contributed by atoms with van der Waals surface area (Å²) < 4.78 is 0. The normalized spacial score (nSPS) is 18.9. The summed E-state index contributed by atoms with van der Waals surface area (Å²) in [5.74, 6) is -0.861. The van der Waals surface area contributed by atoms with Crippen LogP contribution in [0.4, 0.5) is 5.69 Å². The molecule has 20 heavy (non-hydrogen) atoms. The molecule has 1 aliphatic carbocycles. The highest BCUT2D eigenvalue weighted by Crippen LogP contribution is 2.50. The van der Waals surface area contributed by atoms with E-state index in [1.165, 1.54) is 0 Å². The number of nitriles is 1. The summed E-state index contributed by atoms with van der Waals surface area (Å²) in [5, 5.41) is 8.88. The number of rotatable bonds is 4. The molecule has 4 nitrogen and oxygen atoms in total. The molecule has 102 valence electrons. The van der Waals surface area contributed by atoms with E-state index in [2.05, 4.69) is 6.07 Å². The predicted molar refractivity (Wildman–Crippen MR) is 74.4 cm³/mol. The molecule has 1 saturated carbocycles. The van der Waals surface area contributed by atoms with Crippen LogP contribution in [0.15, 0.2) is 18.2 Å². The van der Waals surface area contributed by atoms with E-state index < -0.39 is 11.7 Å². The summed E-state index contributed by atoms with van der Waals surface area (Å²) in [6, 6.07) is 7.83. The molecular formula is C16H16N2O2. The van der Waals surface area contributed by atoms with Crippen LogP contribution in [0.25, 0.3) is 0 Å². The molecule has 1 aromatic rings. The van der Waals surface area contributed by atoms with E-state index in [0.717, 1.165) is 24.8 Å². The standard InChI is InChI=1S/C16H16N2O2/c1-2-11-3-4-13-12(9-11)14(19)15(20)18(13)10-16(5-6-16)7-8-17/h3-4,9H,2,5-7,10H2,1H3. The Balaban J connectivity index is 1.93. The number of amides is 1. The summed E-state index contributed by atoms with van der Waals surface area (Å²) in [6.07, 6.45) is 3.21. The molecule has 2 aliphatic rings. The molecule has 1 amide bonds. The first kappa shape index (κ1) is 12.9. The quantitative estimate of drug-likeness (QED) is 0.788. The van der Waals surface area contributed by atoms with Crippen LogP contribution in [0.2, 0.25) is 0 Å². The van der Waals surface area contributed by atoms with Crippen molar-refractivity contribution in [2.45, 2.75) is 32.6 Å². The van der Waals surface area contributed by atoms with Crippen LogP contribution < -0.4 is 4.90 Å². The molecule has 1 fully saturated rings. The molecule has 4 heteroatoms. The fourth-order valence-corrected chi connectivity index (χ4v) is 2.80. The zero-order chi connectivity index (χ0) is 14.3. The Labute approximate surface area is 118 Å². The molecule has 0 spiro atoms. The van der Waals surface area contributed by atoms with Gasteiger partial charge in [-0.2, -0.15) is 5.26 Å². The Kier molecular flexibility index (Phi) is 2.86. The van der Waals surface area contributed by atoms with Crippen LogP contribution in [0, 0.1) is 16.7 Å². The fourth-order valence-electron chi connectivity index (χ4n) is 2.80. The van der Waals surface area contributed by atoms with Gasteiger partial charge in [-0.3, -0.25) is 9.59 Å². The van der Waals surface area contributed by atoms with Crippen molar-refractivity contribution in [3.05, 3.63) is 29.3 Å². The Morgan fingerprint density at radius 2 is 2.10 bits per heavy atom. The summed E-state index contributed by atoms with van der Waals surface area (Å²) in [5.41, 5.74) is 2.20. The second-order valence-corrected chi connectivity index (χ2v) is 5.76. The van der Waals surface area contributed by atoms with Gasteiger partial charge in [0.05, 0.1) is 17.3 Å². The Morgan fingerprint density at radius 1 is 1.35 bits per heavy atom. The molecule has 0 saturated heterocycles. The summed E-state index contributed by atoms with van der Waals surface area (Å²) >= 11 is 0. The van der Waals surface area contributed by atoms with Crippen molar-refractivity contribution in [2.24, 2.45) is 5.41 Å². The molecule has 1 aromatic carbocycles. The Hall–Kier alpha value is -2.15. The number of anilines is 1. The Morgan fingerprint density at radius 3 is 2.70 bits per heavy atom. The first-order valence-corrected chi connectivity index (χ1v) is 6.96. The summed E-state index contributed by atoms with van der Waals surface area (Å²) in [4.78, 5) is 25.8. The van der Waals surface area contributed by atoms with Gasteiger partial charge in [0.15, 0.2) is 0 Å². The number of fused-ring (bicyclic) bond motifs is 1. The van der Waals surface area contributed by atoms with Crippen LogP contribution >= 0.6 is 0 Å². The van der Waals surface area contributed by atoms with E-state index in [1.807, 2.05) is 25.1 Å². The minimum Gasteiger partial charge on any atom is -0.304 e. The number of aryl methyl sites for hydroxylation is 1. The molecular weight excluding hydrogens is 252 g/mol. The predicted octanol–water partition coefficient (Wildman–Crippen LogP) is 2.47. The van der Waals surface area contributed by atoms with Gasteiger partial charge in [-0.15, -0.1) is 0 Å². The molecule has 1 aliphatic heterocycles. The highest BCUT2D eigenvalue weighted by atomic mass is 16.2. The third-order valence-corrected chi connectivity index (χ3v) is 4.35. The Bertz CT molecular complexity index is 638. The van der Waals surface area contributed by atoms with Gasteiger partial charge in [0.25, 0.3) is 11.7 Å². The lowest BCUT2D eigenvalue weighted by atomic mass is 10.0. The fraction of sp³-hybridized carbons (Fsp3) is 0.438. The minimum atomic E-state index is -0.447. The molecule has 0 radical (unpaired) electrons. The van der Waals surface area contributed by atoms with E-state index in [4.69, 9.17) is 5.26 Å². The van der Waals surface area contributed by atoms with Crippen molar-refractivity contribution in [3.63, 3.8) is 0 Å². The molecule has 0 N–H and O–H groups in total. The number of carbonyl (C=O) groups is 2. The van der Waals surface area contributed by atoms with Gasteiger partial charge in [0.1, 0.15) is 0 Å².